The van der Waals surface area contributed by atoms with Gasteiger partial charge in [0.05, 0.1) is 11.5 Å². The van der Waals surface area contributed by atoms with Crippen molar-refractivity contribution in [3.8, 4) is 0 Å². The molecule has 0 spiro atoms. The van der Waals surface area contributed by atoms with Gasteiger partial charge in [0.2, 0.25) is 10.0 Å². The highest BCUT2D eigenvalue weighted by atomic mass is 32.2. The number of hydrogen-bond acceptors (Lipinski definition) is 4. The number of carbonyl (C=O) groups is 1. The summed E-state index contributed by atoms with van der Waals surface area (Å²) in [5.41, 5.74) is 2.72. The number of ether oxygens (including phenoxy) is 1. The lowest BCUT2D eigenvalue weighted by molar-refractivity contribution is -0.145. The summed E-state index contributed by atoms with van der Waals surface area (Å²) < 4.78 is 33.0. The van der Waals surface area contributed by atoms with Gasteiger partial charge in [0.15, 0.2) is 0 Å². The largest absolute Gasteiger partial charge is 0.465 e. The van der Waals surface area contributed by atoms with Crippen molar-refractivity contribution in [1.82, 2.24) is 9.71 Å². The first-order valence-corrected chi connectivity index (χ1v) is 10.2. The second-order valence-corrected chi connectivity index (χ2v) is 8.02. The monoisotopic (exact) mass is 386 g/mol. The van der Waals surface area contributed by atoms with Crippen molar-refractivity contribution in [2.24, 2.45) is 0 Å². The normalized spacial score (nSPS) is 12.8. The molecule has 0 amide bonds. The molecule has 0 unspecified atom stereocenters. The summed E-state index contributed by atoms with van der Waals surface area (Å²) in [4.78, 5) is 15.7. The number of sulfonamides is 1. The quantitative estimate of drug-likeness (QED) is 0.611. The van der Waals surface area contributed by atoms with Crippen LogP contribution in [0.1, 0.15) is 18.1 Å². The number of esters is 1. The Hall–Kier alpha value is -2.64. The van der Waals surface area contributed by atoms with Gasteiger partial charge in [-0.3, -0.25) is 4.79 Å². The van der Waals surface area contributed by atoms with Gasteiger partial charge in [-0.15, -0.1) is 0 Å². The van der Waals surface area contributed by atoms with E-state index in [2.05, 4.69) is 9.71 Å². The van der Waals surface area contributed by atoms with Crippen molar-refractivity contribution < 1.29 is 17.9 Å². The Morgan fingerprint density at radius 2 is 1.85 bits per heavy atom. The van der Waals surface area contributed by atoms with Crippen LogP contribution in [0.2, 0.25) is 0 Å². The molecule has 142 valence electrons. The molecular formula is C20H22N2O4S. The van der Waals surface area contributed by atoms with Gasteiger partial charge >= 0.3 is 5.97 Å². The average molecular weight is 386 g/mol. The zero-order valence-electron chi connectivity index (χ0n) is 15.2. The Morgan fingerprint density at radius 1 is 1.15 bits per heavy atom. The van der Waals surface area contributed by atoms with Gasteiger partial charge in [-0.05, 0) is 37.6 Å². The number of aromatic amines is 1. The van der Waals surface area contributed by atoms with Crippen molar-refractivity contribution in [1.29, 1.82) is 0 Å². The van der Waals surface area contributed by atoms with E-state index < -0.39 is 22.0 Å². The molecule has 6 nitrogen and oxygen atoms in total. The molecule has 1 aromatic heterocycles. The van der Waals surface area contributed by atoms with E-state index >= 15 is 0 Å². The second-order valence-electron chi connectivity index (χ2n) is 6.30. The fraction of sp³-hybridized carbons (Fsp3) is 0.250. The van der Waals surface area contributed by atoms with Crippen molar-refractivity contribution in [2.75, 3.05) is 6.61 Å². The minimum absolute atomic E-state index is 0.112. The highest BCUT2D eigenvalue weighted by molar-refractivity contribution is 7.89. The zero-order valence-corrected chi connectivity index (χ0v) is 16.0. The lowest BCUT2D eigenvalue weighted by atomic mass is 10.1. The van der Waals surface area contributed by atoms with Crippen molar-refractivity contribution in [3.63, 3.8) is 0 Å². The molecule has 7 heteroatoms. The van der Waals surface area contributed by atoms with Crippen LogP contribution in [0.3, 0.4) is 0 Å². The molecule has 0 saturated heterocycles. The predicted molar refractivity (Wildman–Crippen MR) is 104 cm³/mol. The van der Waals surface area contributed by atoms with Crippen LogP contribution in [-0.2, 0) is 26.0 Å². The number of rotatable bonds is 7. The lowest BCUT2D eigenvalue weighted by Gasteiger charge is -2.17. The molecule has 0 fully saturated rings. The standard InChI is InChI=1S/C20H22N2O4S/c1-3-26-20(23)19(12-15-13-21-18-7-5-4-6-17(15)18)22-27(24,25)16-10-8-14(2)9-11-16/h4-11,13,19,21-22H,3,12H2,1-2H3/t19-/m0/s1. The molecule has 2 aromatic carbocycles. The van der Waals surface area contributed by atoms with E-state index in [-0.39, 0.29) is 17.9 Å². The number of carbonyl (C=O) groups excluding carboxylic acids is 1. The van der Waals surface area contributed by atoms with Gasteiger partial charge in [-0.25, -0.2) is 8.42 Å². The lowest BCUT2D eigenvalue weighted by Crippen LogP contribution is -2.43. The van der Waals surface area contributed by atoms with Crippen molar-refractivity contribution in [3.05, 3.63) is 65.9 Å². The highest BCUT2D eigenvalue weighted by Gasteiger charge is 2.28. The third-order valence-corrected chi connectivity index (χ3v) is 5.79. The van der Waals surface area contributed by atoms with Crippen LogP contribution in [0.15, 0.2) is 59.6 Å². The van der Waals surface area contributed by atoms with E-state index in [0.717, 1.165) is 22.0 Å². The van der Waals surface area contributed by atoms with Crippen LogP contribution < -0.4 is 4.72 Å². The summed E-state index contributed by atoms with van der Waals surface area (Å²) in [6, 6.07) is 13.1. The van der Waals surface area contributed by atoms with E-state index in [9.17, 15) is 13.2 Å². The van der Waals surface area contributed by atoms with Gasteiger partial charge in [0, 0.05) is 23.5 Å². The molecule has 0 saturated carbocycles. The van der Waals surface area contributed by atoms with Gasteiger partial charge in [-0.1, -0.05) is 35.9 Å². The Labute approximate surface area is 158 Å². The molecule has 0 aliphatic carbocycles. The maximum Gasteiger partial charge on any atom is 0.324 e. The van der Waals surface area contributed by atoms with Gasteiger partial charge in [0.25, 0.3) is 0 Å². The van der Waals surface area contributed by atoms with Gasteiger partial charge in [-0.2, -0.15) is 4.72 Å². The number of nitrogens with one attached hydrogen (secondary N) is 2. The summed E-state index contributed by atoms with van der Waals surface area (Å²) in [7, 11) is -3.86. The SMILES string of the molecule is CCOC(=O)[C@H](Cc1c[nH]c2ccccc12)NS(=O)(=O)c1ccc(C)cc1. The van der Waals surface area contributed by atoms with E-state index in [1.807, 2.05) is 31.2 Å². The molecular weight excluding hydrogens is 364 g/mol. The maximum absolute atomic E-state index is 12.7. The summed E-state index contributed by atoms with van der Waals surface area (Å²) in [5, 5.41) is 0.946. The molecule has 3 aromatic rings. The van der Waals surface area contributed by atoms with E-state index in [1.165, 1.54) is 12.1 Å². The number of H-pyrrole nitrogens is 1. The number of fused-ring (bicyclic) bond motifs is 1. The fourth-order valence-corrected chi connectivity index (χ4v) is 4.09. The van der Waals surface area contributed by atoms with Crippen LogP contribution >= 0.6 is 0 Å². The van der Waals surface area contributed by atoms with Gasteiger partial charge < -0.3 is 9.72 Å². The van der Waals surface area contributed by atoms with Crippen LogP contribution in [0, 0.1) is 6.92 Å². The van der Waals surface area contributed by atoms with Crippen molar-refractivity contribution >= 4 is 26.9 Å². The number of aromatic nitrogens is 1. The first kappa shape index (κ1) is 19.1. The molecule has 3 rings (SSSR count). The minimum Gasteiger partial charge on any atom is -0.465 e. The minimum atomic E-state index is -3.86. The van der Waals surface area contributed by atoms with E-state index in [0.29, 0.717) is 0 Å². The first-order chi connectivity index (χ1) is 12.9. The topological polar surface area (TPSA) is 88.3 Å². The number of aryl methyl sites for hydroxylation is 1. The molecule has 1 atom stereocenters. The van der Waals surface area contributed by atoms with E-state index in [4.69, 9.17) is 4.74 Å². The van der Waals surface area contributed by atoms with Crippen LogP contribution in [0.25, 0.3) is 10.9 Å². The second kappa shape index (κ2) is 7.94. The Morgan fingerprint density at radius 3 is 2.56 bits per heavy atom. The Balaban J connectivity index is 1.89. The molecule has 0 bridgehead atoms. The summed E-state index contributed by atoms with van der Waals surface area (Å²) >= 11 is 0. The Bertz CT molecular complexity index is 1040. The van der Waals surface area contributed by atoms with Crippen LogP contribution in [0.4, 0.5) is 0 Å². The smallest absolute Gasteiger partial charge is 0.324 e. The number of hydrogen-bond donors (Lipinski definition) is 2. The summed E-state index contributed by atoms with van der Waals surface area (Å²) in [6.07, 6.45) is 1.98. The number of para-hydroxylation sites is 1. The highest BCUT2D eigenvalue weighted by Crippen LogP contribution is 2.20. The van der Waals surface area contributed by atoms with Crippen molar-refractivity contribution in [2.45, 2.75) is 31.2 Å². The summed E-state index contributed by atoms with van der Waals surface area (Å²) in [5.74, 6) is -0.599. The molecule has 0 radical (unpaired) electrons. The van der Waals surface area contributed by atoms with Crippen LogP contribution in [0.5, 0.6) is 0 Å². The molecule has 0 aliphatic rings. The van der Waals surface area contributed by atoms with Crippen LogP contribution in [-0.4, -0.2) is 32.0 Å². The average Bonchev–Trinajstić information content (AvgIpc) is 3.05. The summed E-state index contributed by atoms with van der Waals surface area (Å²) in [6.45, 7) is 3.74. The maximum atomic E-state index is 12.7. The molecule has 27 heavy (non-hydrogen) atoms. The molecule has 1 heterocycles. The predicted octanol–water partition coefficient (Wildman–Crippen LogP) is 2.93. The number of benzene rings is 2. The third kappa shape index (κ3) is 4.37. The zero-order chi connectivity index (χ0) is 19.4. The van der Waals surface area contributed by atoms with Gasteiger partial charge in [0.1, 0.15) is 6.04 Å². The first-order valence-electron chi connectivity index (χ1n) is 8.71. The Kier molecular flexibility index (Phi) is 5.62. The molecule has 2 N–H and O–H groups in total. The fourth-order valence-electron chi connectivity index (χ4n) is 2.91. The third-order valence-electron chi connectivity index (χ3n) is 4.30. The van der Waals surface area contributed by atoms with E-state index in [1.54, 1.807) is 25.3 Å². The molecule has 0 aliphatic heterocycles.